The van der Waals surface area contributed by atoms with Gasteiger partial charge in [0, 0.05) is 25.3 Å². The van der Waals surface area contributed by atoms with E-state index in [0.29, 0.717) is 30.4 Å². The second kappa shape index (κ2) is 5.46. The van der Waals surface area contributed by atoms with Crippen molar-refractivity contribution in [3.8, 4) is 0 Å². The van der Waals surface area contributed by atoms with Gasteiger partial charge in [0.1, 0.15) is 4.90 Å². The maximum absolute atomic E-state index is 12.8. The summed E-state index contributed by atoms with van der Waals surface area (Å²) in [5, 5.41) is 4.08. The highest BCUT2D eigenvalue weighted by atomic mass is 32.2. The molecule has 2 fully saturated rings. The van der Waals surface area contributed by atoms with Gasteiger partial charge < -0.3 is 5.73 Å². The Bertz CT molecular complexity index is 569. The highest BCUT2D eigenvalue weighted by Crippen LogP contribution is 2.39. The lowest BCUT2D eigenvalue weighted by molar-refractivity contribution is 0.202. The van der Waals surface area contributed by atoms with Crippen molar-refractivity contribution in [3.05, 3.63) is 12.4 Å². The van der Waals surface area contributed by atoms with Crippen LogP contribution >= 0.6 is 0 Å². The van der Waals surface area contributed by atoms with Gasteiger partial charge in [-0.2, -0.15) is 9.40 Å². The third kappa shape index (κ3) is 2.38. The smallest absolute Gasteiger partial charge is 0.246 e. The molecule has 20 heavy (non-hydrogen) atoms. The van der Waals surface area contributed by atoms with Crippen LogP contribution in [0.4, 0.5) is 0 Å². The fraction of sp³-hybridized carbons (Fsp3) is 0.769. The van der Waals surface area contributed by atoms with Crippen molar-refractivity contribution in [3.63, 3.8) is 0 Å². The molecule has 2 heterocycles. The summed E-state index contributed by atoms with van der Waals surface area (Å²) in [6, 6.07) is 0.201. The number of piperidine rings is 1. The standard InChI is InChI=1S/C13H22N4O2S/c14-6-8-16-10-12(9-15-16)20(18,19)17-7-2-4-11-3-1-5-13(11)17/h9-11,13H,1-8,14H2. The Labute approximate surface area is 120 Å². The van der Waals surface area contributed by atoms with Gasteiger partial charge in [-0.05, 0) is 31.6 Å². The number of aromatic nitrogens is 2. The monoisotopic (exact) mass is 298 g/mol. The average molecular weight is 298 g/mol. The summed E-state index contributed by atoms with van der Waals surface area (Å²) in [7, 11) is -3.40. The first-order valence-electron chi connectivity index (χ1n) is 7.37. The summed E-state index contributed by atoms with van der Waals surface area (Å²) in [6.45, 7) is 1.64. The number of sulfonamides is 1. The quantitative estimate of drug-likeness (QED) is 0.891. The van der Waals surface area contributed by atoms with Crippen LogP contribution in [0, 0.1) is 5.92 Å². The first-order valence-corrected chi connectivity index (χ1v) is 8.81. The van der Waals surface area contributed by atoms with E-state index in [0.717, 1.165) is 19.3 Å². The van der Waals surface area contributed by atoms with Crippen molar-refractivity contribution in [2.24, 2.45) is 11.7 Å². The van der Waals surface area contributed by atoms with Crippen molar-refractivity contribution in [2.75, 3.05) is 13.1 Å². The molecule has 2 unspecified atom stereocenters. The summed E-state index contributed by atoms with van der Waals surface area (Å²) in [4.78, 5) is 0.304. The van der Waals surface area contributed by atoms with Crippen LogP contribution in [0.15, 0.2) is 17.3 Å². The summed E-state index contributed by atoms with van der Waals surface area (Å²) in [5.74, 6) is 0.553. The summed E-state index contributed by atoms with van der Waals surface area (Å²) >= 11 is 0. The van der Waals surface area contributed by atoms with E-state index in [2.05, 4.69) is 5.10 Å². The Balaban J connectivity index is 1.86. The topological polar surface area (TPSA) is 81.2 Å². The molecule has 1 aromatic heterocycles. The molecule has 0 amide bonds. The van der Waals surface area contributed by atoms with Crippen LogP contribution < -0.4 is 5.73 Å². The molecular weight excluding hydrogens is 276 g/mol. The van der Waals surface area contributed by atoms with E-state index in [1.165, 1.54) is 19.0 Å². The second-order valence-corrected chi connectivity index (χ2v) is 7.63. The maximum Gasteiger partial charge on any atom is 0.246 e. The van der Waals surface area contributed by atoms with E-state index >= 15 is 0 Å². The van der Waals surface area contributed by atoms with E-state index in [1.54, 1.807) is 15.2 Å². The molecule has 1 aromatic rings. The Morgan fingerprint density at radius 2 is 2.10 bits per heavy atom. The third-order valence-electron chi connectivity index (χ3n) is 4.52. The Morgan fingerprint density at radius 1 is 1.30 bits per heavy atom. The van der Waals surface area contributed by atoms with E-state index < -0.39 is 10.0 Å². The zero-order valence-corrected chi connectivity index (χ0v) is 12.4. The Morgan fingerprint density at radius 3 is 2.90 bits per heavy atom. The van der Waals surface area contributed by atoms with Gasteiger partial charge in [0.15, 0.2) is 0 Å². The van der Waals surface area contributed by atoms with E-state index in [4.69, 9.17) is 5.73 Å². The molecule has 6 nitrogen and oxygen atoms in total. The predicted molar refractivity (Wildman–Crippen MR) is 75.5 cm³/mol. The van der Waals surface area contributed by atoms with Gasteiger partial charge in [-0.25, -0.2) is 8.42 Å². The average Bonchev–Trinajstić information content (AvgIpc) is 3.06. The first-order chi connectivity index (χ1) is 9.63. The minimum atomic E-state index is -3.40. The summed E-state index contributed by atoms with van der Waals surface area (Å²) in [6.07, 6.45) is 8.50. The van der Waals surface area contributed by atoms with E-state index in [-0.39, 0.29) is 6.04 Å². The minimum Gasteiger partial charge on any atom is -0.329 e. The minimum absolute atomic E-state index is 0.201. The molecule has 1 saturated heterocycles. The van der Waals surface area contributed by atoms with Gasteiger partial charge >= 0.3 is 0 Å². The zero-order valence-electron chi connectivity index (χ0n) is 11.6. The molecule has 1 aliphatic carbocycles. The molecule has 1 saturated carbocycles. The highest BCUT2D eigenvalue weighted by molar-refractivity contribution is 7.89. The molecule has 2 atom stereocenters. The lowest BCUT2D eigenvalue weighted by Gasteiger charge is -2.36. The molecule has 0 radical (unpaired) electrons. The van der Waals surface area contributed by atoms with Crippen LogP contribution in [0.5, 0.6) is 0 Å². The maximum atomic E-state index is 12.8. The third-order valence-corrected chi connectivity index (χ3v) is 6.39. The van der Waals surface area contributed by atoms with Gasteiger partial charge in [0.05, 0.1) is 12.7 Å². The van der Waals surface area contributed by atoms with Crippen molar-refractivity contribution in [2.45, 2.75) is 49.6 Å². The van der Waals surface area contributed by atoms with E-state index in [9.17, 15) is 8.42 Å². The van der Waals surface area contributed by atoms with Gasteiger partial charge in [-0.1, -0.05) is 6.42 Å². The number of hydrogen-bond donors (Lipinski definition) is 1. The van der Waals surface area contributed by atoms with Gasteiger partial charge in [0.2, 0.25) is 10.0 Å². The van der Waals surface area contributed by atoms with Gasteiger partial charge in [0.25, 0.3) is 0 Å². The zero-order chi connectivity index (χ0) is 14.2. The Hall–Kier alpha value is -0.920. The van der Waals surface area contributed by atoms with Crippen LogP contribution in [-0.4, -0.2) is 41.6 Å². The predicted octanol–water partition coefficient (Wildman–Crippen LogP) is 0.795. The molecule has 7 heteroatoms. The molecule has 112 valence electrons. The second-order valence-electron chi connectivity index (χ2n) is 5.74. The summed E-state index contributed by atoms with van der Waals surface area (Å²) < 4.78 is 28.9. The number of nitrogens with two attached hydrogens (primary N) is 1. The molecule has 0 aromatic carbocycles. The number of nitrogens with zero attached hydrogens (tertiary/aromatic N) is 3. The SMILES string of the molecule is NCCn1cc(S(=O)(=O)N2CCCC3CCCC32)cn1. The Kier molecular flexibility index (Phi) is 3.83. The van der Waals surface area contributed by atoms with Crippen LogP contribution in [0.1, 0.15) is 32.1 Å². The molecule has 0 spiro atoms. The van der Waals surface area contributed by atoms with Crippen molar-refractivity contribution < 1.29 is 8.42 Å². The van der Waals surface area contributed by atoms with Gasteiger partial charge in [-0.3, -0.25) is 4.68 Å². The molecular formula is C13H22N4O2S. The van der Waals surface area contributed by atoms with Crippen molar-refractivity contribution >= 4 is 10.0 Å². The van der Waals surface area contributed by atoms with Crippen LogP contribution in [0.3, 0.4) is 0 Å². The van der Waals surface area contributed by atoms with E-state index in [1.807, 2.05) is 0 Å². The molecule has 1 aliphatic heterocycles. The lowest BCUT2D eigenvalue weighted by Crippen LogP contribution is -2.45. The van der Waals surface area contributed by atoms with Gasteiger partial charge in [-0.15, -0.1) is 0 Å². The fourth-order valence-corrected chi connectivity index (χ4v) is 5.28. The molecule has 2 N–H and O–H groups in total. The fourth-order valence-electron chi connectivity index (χ4n) is 3.57. The molecule has 3 rings (SSSR count). The largest absolute Gasteiger partial charge is 0.329 e. The first kappa shape index (κ1) is 14.0. The van der Waals surface area contributed by atoms with Crippen molar-refractivity contribution in [1.82, 2.24) is 14.1 Å². The lowest BCUT2D eigenvalue weighted by atomic mass is 9.94. The normalized spacial score (nSPS) is 27.6. The molecule has 2 aliphatic rings. The number of fused-ring (bicyclic) bond motifs is 1. The number of hydrogen-bond acceptors (Lipinski definition) is 4. The van der Waals surface area contributed by atoms with Crippen LogP contribution in [-0.2, 0) is 16.6 Å². The van der Waals surface area contributed by atoms with Crippen LogP contribution in [0.25, 0.3) is 0 Å². The van der Waals surface area contributed by atoms with Crippen LogP contribution in [0.2, 0.25) is 0 Å². The molecule has 0 bridgehead atoms. The van der Waals surface area contributed by atoms with Crippen molar-refractivity contribution in [1.29, 1.82) is 0 Å². The number of rotatable bonds is 4. The highest BCUT2D eigenvalue weighted by Gasteiger charge is 2.41. The summed E-state index contributed by atoms with van der Waals surface area (Å²) in [5.41, 5.74) is 5.47.